The van der Waals surface area contributed by atoms with Crippen molar-refractivity contribution in [2.75, 3.05) is 0 Å². The second-order valence-electron chi connectivity index (χ2n) is 2.35. The topological polar surface area (TPSA) is 0 Å². The Morgan fingerprint density at radius 3 is 2.36 bits per heavy atom. The molecule has 0 aromatic heterocycles. The Balaban J connectivity index is 3.09. The second-order valence-corrected chi connectivity index (χ2v) is 2.35. The molecule has 0 bridgehead atoms. The molecule has 64 valence electrons. The first kappa shape index (κ1) is 10.3. The Kier molecular flexibility index (Phi) is 7.00. The summed E-state index contributed by atoms with van der Waals surface area (Å²) in [6.07, 6.45) is 6.79. The lowest BCUT2D eigenvalue weighted by Gasteiger charge is -1.91. The Morgan fingerprint density at radius 2 is 1.82 bits per heavy atom. The highest BCUT2D eigenvalue weighted by Crippen LogP contribution is 2.05. The molecule has 0 N–H and O–H groups in total. The van der Waals surface area contributed by atoms with Crippen LogP contribution in [0, 0.1) is 0 Å². The lowest BCUT2D eigenvalue weighted by Crippen LogP contribution is -1.72. The number of rotatable bonds is 5. The van der Waals surface area contributed by atoms with Gasteiger partial charge in [0, 0.05) is 0 Å². The highest BCUT2D eigenvalue weighted by Gasteiger charge is 1.87. The van der Waals surface area contributed by atoms with Crippen molar-refractivity contribution < 1.29 is 8.78 Å². The Hall–Kier alpha value is -0.660. The van der Waals surface area contributed by atoms with Gasteiger partial charge in [0.1, 0.15) is 0 Å². The van der Waals surface area contributed by atoms with Gasteiger partial charge in [-0.1, -0.05) is 12.2 Å². The summed E-state index contributed by atoms with van der Waals surface area (Å²) in [5.74, 6) is 0. The third-order valence-electron chi connectivity index (χ3n) is 1.36. The largest absolute Gasteiger partial charge is 0.266 e. The van der Waals surface area contributed by atoms with Crippen molar-refractivity contribution in [3.05, 3.63) is 24.3 Å². The normalized spacial score (nSPS) is 10.5. The molecule has 11 heavy (non-hydrogen) atoms. The van der Waals surface area contributed by atoms with Crippen molar-refractivity contribution in [3.8, 4) is 0 Å². The maximum Gasteiger partial charge on any atom is 0.266 e. The minimum Gasteiger partial charge on any atom is -0.174 e. The van der Waals surface area contributed by atoms with Crippen LogP contribution in [0.25, 0.3) is 0 Å². The average Bonchev–Trinajstić information content (AvgIpc) is 1.96. The van der Waals surface area contributed by atoms with E-state index in [0.29, 0.717) is 6.42 Å². The Morgan fingerprint density at radius 1 is 1.18 bits per heavy atom. The molecule has 0 atom stereocenters. The van der Waals surface area contributed by atoms with E-state index in [1.54, 1.807) is 0 Å². The summed E-state index contributed by atoms with van der Waals surface area (Å²) in [7, 11) is 0. The number of hydrogen-bond acceptors (Lipinski definition) is 0. The van der Waals surface area contributed by atoms with Crippen molar-refractivity contribution in [1.82, 2.24) is 0 Å². The lowest BCUT2D eigenvalue weighted by molar-refractivity contribution is 0.416. The summed E-state index contributed by atoms with van der Waals surface area (Å²) in [5, 5.41) is 0. The van der Waals surface area contributed by atoms with Crippen LogP contribution in [-0.4, -0.2) is 0 Å². The van der Waals surface area contributed by atoms with Crippen LogP contribution < -0.4 is 0 Å². The van der Waals surface area contributed by atoms with Gasteiger partial charge in [0.25, 0.3) is 6.08 Å². The number of halogens is 2. The molecule has 0 unspecified atom stereocenters. The highest BCUT2D eigenvalue weighted by molar-refractivity contribution is 4.81. The van der Waals surface area contributed by atoms with Crippen LogP contribution in [0.2, 0.25) is 0 Å². The van der Waals surface area contributed by atoms with E-state index >= 15 is 0 Å². The van der Waals surface area contributed by atoms with Gasteiger partial charge < -0.3 is 0 Å². The maximum absolute atomic E-state index is 11.5. The molecule has 0 aliphatic rings. The molecule has 0 aliphatic carbocycles. The van der Waals surface area contributed by atoms with E-state index in [1.807, 2.05) is 13.0 Å². The van der Waals surface area contributed by atoms with Crippen LogP contribution in [0.15, 0.2) is 24.3 Å². The summed E-state index contributed by atoms with van der Waals surface area (Å²) in [6.45, 7) is 1.96. The first-order valence-electron chi connectivity index (χ1n) is 3.89. The highest BCUT2D eigenvalue weighted by atomic mass is 19.3. The molecule has 0 nitrogen and oxygen atoms in total. The number of hydrogen-bond donors (Lipinski definition) is 0. The van der Waals surface area contributed by atoms with Gasteiger partial charge in [-0.2, -0.15) is 8.78 Å². The monoisotopic (exact) mass is 160 g/mol. The van der Waals surface area contributed by atoms with Gasteiger partial charge in [-0.05, 0) is 38.7 Å². The molecule has 0 saturated carbocycles. The predicted octanol–water partition coefficient (Wildman–Crippen LogP) is 3.90. The fourth-order valence-corrected chi connectivity index (χ4v) is 0.784. The van der Waals surface area contributed by atoms with Crippen molar-refractivity contribution in [2.24, 2.45) is 0 Å². The van der Waals surface area contributed by atoms with Crippen molar-refractivity contribution in [2.45, 2.75) is 32.6 Å². The quantitative estimate of drug-likeness (QED) is 0.422. The van der Waals surface area contributed by atoms with E-state index in [2.05, 4.69) is 6.08 Å². The predicted molar refractivity (Wildman–Crippen MR) is 43.6 cm³/mol. The zero-order valence-electron chi connectivity index (χ0n) is 6.82. The van der Waals surface area contributed by atoms with Crippen molar-refractivity contribution in [3.63, 3.8) is 0 Å². The van der Waals surface area contributed by atoms with Crippen LogP contribution in [0.1, 0.15) is 32.6 Å². The summed E-state index contributed by atoms with van der Waals surface area (Å²) < 4.78 is 22.9. The van der Waals surface area contributed by atoms with Crippen LogP contribution in [-0.2, 0) is 0 Å². The van der Waals surface area contributed by atoms with Gasteiger partial charge in [0.15, 0.2) is 0 Å². The van der Waals surface area contributed by atoms with Gasteiger partial charge in [-0.3, -0.25) is 0 Å². The van der Waals surface area contributed by atoms with E-state index in [0.717, 1.165) is 25.3 Å². The van der Waals surface area contributed by atoms with E-state index in [-0.39, 0.29) is 0 Å². The maximum atomic E-state index is 11.5. The zero-order chi connectivity index (χ0) is 8.53. The molecule has 0 aliphatic heterocycles. The molecule has 0 rings (SSSR count). The third kappa shape index (κ3) is 9.34. The lowest BCUT2D eigenvalue weighted by atomic mass is 10.2. The van der Waals surface area contributed by atoms with Gasteiger partial charge in [-0.15, -0.1) is 0 Å². The summed E-state index contributed by atoms with van der Waals surface area (Å²) >= 11 is 0. The molecule has 2 heteroatoms. The Bertz CT molecular complexity index is 132. The molecule has 0 saturated heterocycles. The number of unbranched alkanes of at least 4 members (excludes halogenated alkanes) is 3. The fraction of sp³-hybridized carbons (Fsp3) is 0.556. The summed E-state index contributed by atoms with van der Waals surface area (Å²) in [5.41, 5.74) is 0. The molecule has 0 radical (unpaired) electrons. The second kappa shape index (κ2) is 7.45. The van der Waals surface area contributed by atoms with Crippen LogP contribution >= 0.6 is 0 Å². The van der Waals surface area contributed by atoms with Gasteiger partial charge >= 0.3 is 0 Å². The standard InChI is InChI=1S/C9H14F2/c1-2-3-4-5-6-7-8-9(10)11/h2-3,8H,4-7H2,1H3/b3-2+. The molecular weight excluding hydrogens is 146 g/mol. The zero-order valence-corrected chi connectivity index (χ0v) is 6.82. The van der Waals surface area contributed by atoms with E-state index in [4.69, 9.17) is 0 Å². The molecule has 0 aromatic rings. The smallest absolute Gasteiger partial charge is 0.174 e. The summed E-state index contributed by atoms with van der Waals surface area (Å²) in [6, 6.07) is 0. The van der Waals surface area contributed by atoms with Crippen LogP contribution in [0.4, 0.5) is 8.78 Å². The SMILES string of the molecule is C/C=C/CCCCC=C(F)F. The van der Waals surface area contributed by atoms with Gasteiger partial charge in [0.05, 0.1) is 0 Å². The fourth-order valence-electron chi connectivity index (χ4n) is 0.784. The first-order chi connectivity index (χ1) is 5.27. The number of allylic oxidation sites excluding steroid dienone is 3. The van der Waals surface area contributed by atoms with Gasteiger partial charge in [-0.25, -0.2) is 0 Å². The van der Waals surface area contributed by atoms with Crippen LogP contribution in [0.5, 0.6) is 0 Å². The average molecular weight is 160 g/mol. The van der Waals surface area contributed by atoms with E-state index < -0.39 is 6.08 Å². The molecule has 0 amide bonds. The minimum atomic E-state index is -1.56. The minimum absolute atomic E-state index is 0.500. The van der Waals surface area contributed by atoms with E-state index in [1.165, 1.54) is 0 Å². The Labute approximate surface area is 66.6 Å². The van der Waals surface area contributed by atoms with Crippen LogP contribution in [0.3, 0.4) is 0 Å². The molecule has 0 spiro atoms. The van der Waals surface area contributed by atoms with Crippen molar-refractivity contribution >= 4 is 0 Å². The first-order valence-corrected chi connectivity index (χ1v) is 3.89. The third-order valence-corrected chi connectivity index (χ3v) is 1.36. The van der Waals surface area contributed by atoms with E-state index in [9.17, 15) is 8.78 Å². The van der Waals surface area contributed by atoms with Gasteiger partial charge in [0.2, 0.25) is 0 Å². The molecule has 0 heterocycles. The van der Waals surface area contributed by atoms with Crippen molar-refractivity contribution in [1.29, 1.82) is 0 Å². The molecular formula is C9H14F2. The molecule has 0 aromatic carbocycles. The molecule has 0 fully saturated rings. The summed E-state index contributed by atoms with van der Waals surface area (Å²) in [4.78, 5) is 0.